The number of halogens is 5. The van der Waals surface area contributed by atoms with Gasteiger partial charge in [0.15, 0.2) is 29.0 Å². The third-order valence-electron chi connectivity index (χ3n) is 4.94. The van der Waals surface area contributed by atoms with Gasteiger partial charge in [-0.05, 0) is 34.7 Å². The number of nitrogens with zero attached hydrogens (tertiary/aromatic N) is 2. The summed E-state index contributed by atoms with van der Waals surface area (Å²) in [5.74, 6) is -10.1. The zero-order valence-electron chi connectivity index (χ0n) is 15.0. The van der Waals surface area contributed by atoms with Crippen molar-refractivity contribution in [2.24, 2.45) is 4.99 Å². The number of hydrogen-bond donors (Lipinski definition) is 0. The smallest absolute Gasteiger partial charge is 0.200 e. The molecule has 1 aliphatic rings. The monoisotopic (exact) mass is 398 g/mol. The average molecular weight is 398 g/mol. The Kier molecular flexibility index (Phi) is 4.42. The lowest BCUT2D eigenvalue weighted by molar-refractivity contribution is 0.377. The number of hydrogen-bond acceptors (Lipinski definition) is 1. The molecule has 2 nitrogen and oxygen atoms in total. The van der Waals surface area contributed by atoms with Gasteiger partial charge in [-0.25, -0.2) is 26.8 Å². The molecule has 29 heavy (non-hydrogen) atoms. The highest BCUT2D eigenvalue weighted by molar-refractivity contribution is 6.14. The lowest BCUT2D eigenvalue weighted by Crippen LogP contribution is -2.14. The van der Waals surface area contributed by atoms with Gasteiger partial charge in [0, 0.05) is 12.6 Å². The lowest BCUT2D eigenvalue weighted by Gasteiger charge is -2.12. The highest BCUT2D eigenvalue weighted by atomic mass is 19.2. The molecular weight excluding hydrogens is 387 g/mol. The second-order valence-corrected chi connectivity index (χ2v) is 6.52. The van der Waals surface area contributed by atoms with E-state index in [0.717, 1.165) is 22.3 Å². The summed E-state index contributed by atoms with van der Waals surface area (Å²) < 4.78 is 69.3. The first-order valence-electron chi connectivity index (χ1n) is 8.50. The molecule has 7 heteroatoms. The number of benzene rings is 3. The predicted octanol–water partition coefficient (Wildman–Crippen LogP) is 5.97. The number of aliphatic imine (C=N–C) groups is 1. The van der Waals surface area contributed by atoms with E-state index < -0.39 is 34.6 Å². The molecule has 0 heterocycles. The van der Waals surface area contributed by atoms with Crippen molar-refractivity contribution in [2.45, 2.75) is 6.42 Å². The molecule has 144 valence electrons. The van der Waals surface area contributed by atoms with E-state index in [4.69, 9.17) is 6.57 Å². The quantitative estimate of drug-likeness (QED) is 0.130. The topological polar surface area (TPSA) is 16.7 Å². The van der Waals surface area contributed by atoms with Crippen molar-refractivity contribution in [3.8, 4) is 11.1 Å². The Labute approximate surface area is 162 Å². The first-order chi connectivity index (χ1) is 13.9. The Bertz CT molecular complexity index is 1230. The van der Waals surface area contributed by atoms with E-state index in [-0.39, 0.29) is 11.3 Å². The zero-order valence-corrected chi connectivity index (χ0v) is 15.0. The second-order valence-electron chi connectivity index (χ2n) is 6.52. The molecule has 0 aliphatic heterocycles. The minimum Gasteiger partial charge on any atom is -0.287 e. The van der Waals surface area contributed by atoms with Crippen molar-refractivity contribution >= 4 is 11.4 Å². The second kappa shape index (κ2) is 6.82. The molecule has 0 bridgehead atoms. The Morgan fingerprint density at radius 1 is 0.828 bits per heavy atom. The molecule has 0 amide bonds. The largest absolute Gasteiger partial charge is 0.287 e. The van der Waals surface area contributed by atoms with Gasteiger partial charge in [0.2, 0.25) is 5.82 Å². The van der Waals surface area contributed by atoms with Crippen LogP contribution in [0.4, 0.5) is 27.6 Å². The molecule has 0 atom stereocenters. The molecule has 4 rings (SSSR count). The predicted molar refractivity (Wildman–Crippen MR) is 98.7 cm³/mol. The van der Waals surface area contributed by atoms with Crippen molar-refractivity contribution in [3.05, 3.63) is 99.2 Å². The van der Waals surface area contributed by atoms with E-state index in [1.54, 1.807) is 30.3 Å². The summed E-state index contributed by atoms with van der Waals surface area (Å²) >= 11 is 0. The van der Waals surface area contributed by atoms with Crippen molar-refractivity contribution in [1.29, 1.82) is 0 Å². The van der Waals surface area contributed by atoms with Crippen LogP contribution in [0.2, 0.25) is 0 Å². The van der Waals surface area contributed by atoms with E-state index in [9.17, 15) is 22.0 Å². The van der Waals surface area contributed by atoms with Crippen molar-refractivity contribution in [2.75, 3.05) is 7.05 Å². The molecule has 0 unspecified atom stereocenters. The SMILES string of the molecule is [C-]#[N+]c1ccc2c(c1)Cc1ccc(/C(=N/C)c3c(F)c(F)c(F)c(F)c3F)cc1-2. The van der Waals surface area contributed by atoms with Gasteiger partial charge in [0.25, 0.3) is 0 Å². The van der Waals surface area contributed by atoms with Gasteiger partial charge < -0.3 is 0 Å². The van der Waals surface area contributed by atoms with Crippen LogP contribution in [-0.2, 0) is 6.42 Å². The molecule has 0 N–H and O–H groups in total. The van der Waals surface area contributed by atoms with E-state index in [1.807, 2.05) is 0 Å². The van der Waals surface area contributed by atoms with Crippen LogP contribution in [0.5, 0.6) is 0 Å². The van der Waals surface area contributed by atoms with Crippen LogP contribution in [-0.4, -0.2) is 12.8 Å². The fourth-order valence-electron chi connectivity index (χ4n) is 3.59. The van der Waals surface area contributed by atoms with Gasteiger partial charge in [0.05, 0.1) is 17.8 Å². The first kappa shape index (κ1) is 18.8. The third-order valence-corrected chi connectivity index (χ3v) is 4.94. The zero-order chi connectivity index (χ0) is 20.9. The molecule has 0 saturated carbocycles. The molecule has 3 aromatic carbocycles. The summed E-state index contributed by atoms with van der Waals surface area (Å²) in [6, 6.07) is 10.1. The normalized spacial score (nSPS) is 12.5. The van der Waals surface area contributed by atoms with E-state index >= 15 is 0 Å². The highest BCUT2D eigenvalue weighted by Crippen LogP contribution is 2.39. The van der Waals surface area contributed by atoms with Gasteiger partial charge in [-0.15, -0.1) is 0 Å². The summed E-state index contributed by atoms with van der Waals surface area (Å²) in [5, 5.41) is 0. The third kappa shape index (κ3) is 2.80. The van der Waals surface area contributed by atoms with Crippen LogP contribution in [0.25, 0.3) is 16.0 Å². The standard InChI is InChI=1S/C22H11F5N2/c1-28-13-5-6-14-12(8-13)7-10-3-4-11(9-15(10)14)22(29-2)16-17(23)19(25)21(27)20(26)18(16)24/h3-6,8-9H,7H2,2H3/b29-22-. The molecule has 0 saturated heterocycles. The first-order valence-corrected chi connectivity index (χ1v) is 8.50. The summed E-state index contributed by atoms with van der Waals surface area (Å²) in [5.41, 5.74) is 2.78. The van der Waals surface area contributed by atoms with Gasteiger partial charge in [-0.2, -0.15) is 0 Å². The minimum atomic E-state index is -2.21. The van der Waals surface area contributed by atoms with Crippen LogP contribution in [0, 0.1) is 35.7 Å². The Balaban J connectivity index is 1.88. The number of rotatable bonds is 2. The summed E-state index contributed by atoms with van der Waals surface area (Å²) in [7, 11) is 1.22. The van der Waals surface area contributed by atoms with Crippen molar-refractivity contribution < 1.29 is 22.0 Å². The maximum Gasteiger partial charge on any atom is 0.200 e. The van der Waals surface area contributed by atoms with Crippen LogP contribution in [0.3, 0.4) is 0 Å². The summed E-state index contributed by atoms with van der Waals surface area (Å²) in [6.07, 6.45) is 0.579. The van der Waals surface area contributed by atoms with Gasteiger partial charge in [0.1, 0.15) is 0 Å². The van der Waals surface area contributed by atoms with E-state index in [2.05, 4.69) is 9.84 Å². The molecule has 0 radical (unpaired) electrons. The molecule has 1 aliphatic carbocycles. The van der Waals surface area contributed by atoms with E-state index in [0.29, 0.717) is 12.1 Å². The lowest BCUT2D eigenvalue weighted by atomic mass is 9.96. The molecule has 3 aromatic rings. The van der Waals surface area contributed by atoms with Crippen LogP contribution in [0.15, 0.2) is 41.4 Å². The minimum absolute atomic E-state index is 0.219. The van der Waals surface area contributed by atoms with Crippen molar-refractivity contribution in [3.63, 3.8) is 0 Å². The highest BCUT2D eigenvalue weighted by Gasteiger charge is 2.29. The fraction of sp³-hybridized carbons (Fsp3) is 0.0909. The number of fused-ring (bicyclic) bond motifs is 3. The Morgan fingerprint density at radius 2 is 1.48 bits per heavy atom. The van der Waals surface area contributed by atoms with Crippen molar-refractivity contribution in [1.82, 2.24) is 0 Å². The van der Waals surface area contributed by atoms with Crippen LogP contribution < -0.4 is 0 Å². The van der Waals surface area contributed by atoms with E-state index in [1.165, 1.54) is 13.1 Å². The summed E-state index contributed by atoms with van der Waals surface area (Å²) in [4.78, 5) is 7.21. The maximum absolute atomic E-state index is 14.3. The van der Waals surface area contributed by atoms with Gasteiger partial charge in [-0.1, -0.05) is 30.3 Å². The fourth-order valence-corrected chi connectivity index (χ4v) is 3.59. The Hall–Kier alpha value is -3.53. The summed E-state index contributed by atoms with van der Waals surface area (Å²) in [6.45, 7) is 7.12. The average Bonchev–Trinajstić information content (AvgIpc) is 3.10. The molecule has 0 fully saturated rings. The molecule has 0 spiro atoms. The molecular formula is C22H11F5N2. The molecule has 0 aromatic heterocycles. The Morgan fingerprint density at radius 3 is 2.10 bits per heavy atom. The van der Waals surface area contributed by atoms with Gasteiger partial charge >= 0.3 is 0 Å². The van der Waals surface area contributed by atoms with Crippen LogP contribution in [0.1, 0.15) is 22.3 Å². The maximum atomic E-state index is 14.3. The van der Waals surface area contributed by atoms with Gasteiger partial charge in [-0.3, -0.25) is 4.99 Å². The van der Waals surface area contributed by atoms with Crippen LogP contribution >= 0.6 is 0 Å².